The van der Waals surface area contributed by atoms with Crippen molar-refractivity contribution in [2.45, 2.75) is 24.8 Å². The Morgan fingerprint density at radius 1 is 1.38 bits per heavy atom. The van der Waals surface area contributed by atoms with E-state index in [1.165, 1.54) is 21.0 Å². The number of hydrazine groups is 1. The number of hydrogen-bond acceptors (Lipinski definition) is 4. The minimum atomic E-state index is -0.387. The van der Waals surface area contributed by atoms with E-state index in [9.17, 15) is 5.11 Å². The van der Waals surface area contributed by atoms with Crippen LogP contribution in [0.1, 0.15) is 11.1 Å². The summed E-state index contributed by atoms with van der Waals surface area (Å²) in [6.07, 6.45) is -0.387. The van der Waals surface area contributed by atoms with Gasteiger partial charge in [0, 0.05) is 24.2 Å². The second kappa shape index (κ2) is 6.25. The highest BCUT2D eigenvalue weighted by Gasteiger charge is 2.06. The van der Waals surface area contributed by atoms with E-state index in [4.69, 9.17) is 5.84 Å². The standard InChI is InChI=1S/C12H20N2OS/c1-9-4-5-12(6-10(9)2)16-8-11(15)7-14(3)13/h4-6,11,15H,7-8,13H2,1-3H3. The zero-order chi connectivity index (χ0) is 12.1. The van der Waals surface area contributed by atoms with Gasteiger partial charge in [-0.05, 0) is 37.1 Å². The highest BCUT2D eigenvalue weighted by molar-refractivity contribution is 7.99. The predicted molar refractivity (Wildman–Crippen MR) is 69.5 cm³/mol. The molecule has 0 amide bonds. The first-order valence-electron chi connectivity index (χ1n) is 5.33. The number of nitrogens with zero attached hydrogens (tertiary/aromatic N) is 1. The van der Waals surface area contributed by atoms with E-state index < -0.39 is 0 Å². The van der Waals surface area contributed by atoms with Crippen molar-refractivity contribution in [2.24, 2.45) is 5.84 Å². The molecule has 0 radical (unpaired) electrons. The third-order valence-electron chi connectivity index (χ3n) is 2.42. The van der Waals surface area contributed by atoms with Gasteiger partial charge >= 0.3 is 0 Å². The van der Waals surface area contributed by atoms with E-state index in [1.54, 1.807) is 18.8 Å². The average molecular weight is 240 g/mol. The zero-order valence-electron chi connectivity index (χ0n) is 10.1. The lowest BCUT2D eigenvalue weighted by Crippen LogP contribution is -2.35. The molecule has 0 heterocycles. The molecule has 3 nitrogen and oxygen atoms in total. The van der Waals surface area contributed by atoms with Crippen LogP contribution in [-0.4, -0.2) is 35.6 Å². The van der Waals surface area contributed by atoms with Crippen LogP contribution in [0.2, 0.25) is 0 Å². The van der Waals surface area contributed by atoms with E-state index in [1.807, 2.05) is 0 Å². The zero-order valence-corrected chi connectivity index (χ0v) is 10.9. The first kappa shape index (κ1) is 13.5. The van der Waals surface area contributed by atoms with Crippen LogP contribution in [0, 0.1) is 13.8 Å². The number of aryl methyl sites for hydroxylation is 2. The van der Waals surface area contributed by atoms with Gasteiger partial charge in [-0.2, -0.15) is 0 Å². The Morgan fingerprint density at radius 2 is 2.06 bits per heavy atom. The molecule has 3 N–H and O–H groups in total. The molecule has 90 valence electrons. The summed E-state index contributed by atoms with van der Waals surface area (Å²) in [6, 6.07) is 6.35. The summed E-state index contributed by atoms with van der Waals surface area (Å²) in [5.74, 6) is 6.14. The number of aliphatic hydroxyl groups excluding tert-OH is 1. The molecule has 1 atom stereocenters. The molecule has 0 aromatic heterocycles. The molecule has 0 saturated carbocycles. The van der Waals surface area contributed by atoms with Crippen molar-refractivity contribution in [1.82, 2.24) is 5.01 Å². The number of hydrogen-bond donors (Lipinski definition) is 2. The topological polar surface area (TPSA) is 49.5 Å². The molecule has 0 fully saturated rings. The van der Waals surface area contributed by atoms with Crippen molar-refractivity contribution < 1.29 is 5.11 Å². The molecule has 1 unspecified atom stereocenters. The van der Waals surface area contributed by atoms with E-state index in [0.717, 1.165) is 0 Å². The van der Waals surface area contributed by atoms with Crippen LogP contribution < -0.4 is 5.84 Å². The van der Waals surface area contributed by atoms with E-state index in [0.29, 0.717) is 12.3 Å². The maximum absolute atomic E-state index is 9.66. The summed E-state index contributed by atoms with van der Waals surface area (Å²) in [5.41, 5.74) is 2.59. The van der Waals surface area contributed by atoms with Crippen LogP contribution in [0.5, 0.6) is 0 Å². The van der Waals surface area contributed by atoms with Crippen molar-refractivity contribution in [2.75, 3.05) is 19.3 Å². The largest absolute Gasteiger partial charge is 0.391 e. The van der Waals surface area contributed by atoms with E-state index in [2.05, 4.69) is 32.0 Å². The van der Waals surface area contributed by atoms with Gasteiger partial charge in [0.15, 0.2) is 0 Å². The second-order valence-electron chi connectivity index (χ2n) is 4.15. The summed E-state index contributed by atoms with van der Waals surface area (Å²) in [6.45, 7) is 4.70. The quantitative estimate of drug-likeness (QED) is 0.466. The van der Waals surface area contributed by atoms with Gasteiger partial charge in [-0.1, -0.05) is 6.07 Å². The number of likely N-dealkylation sites (N-methyl/N-ethyl adjacent to an activating group) is 1. The number of thioether (sulfide) groups is 1. The molecule has 0 aliphatic heterocycles. The molecule has 4 heteroatoms. The Kier molecular flexibility index (Phi) is 5.28. The molecule has 0 saturated heterocycles. The van der Waals surface area contributed by atoms with Crippen molar-refractivity contribution in [3.05, 3.63) is 29.3 Å². The van der Waals surface area contributed by atoms with Crippen LogP contribution in [0.4, 0.5) is 0 Å². The fourth-order valence-corrected chi connectivity index (χ4v) is 2.30. The van der Waals surface area contributed by atoms with Crippen LogP contribution >= 0.6 is 11.8 Å². The molecule has 0 aliphatic rings. The van der Waals surface area contributed by atoms with E-state index >= 15 is 0 Å². The van der Waals surface area contributed by atoms with Gasteiger partial charge in [0.25, 0.3) is 0 Å². The third kappa shape index (κ3) is 4.53. The fraction of sp³-hybridized carbons (Fsp3) is 0.500. The van der Waals surface area contributed by atoms with Gasteiger partial charge in [0.1, 0.15) is 0 Å². The number of benzene rings is 1. The lowest BCUT2D eigenvalue weighted by Gasteiger charge is -2.15. The van der Waals surface area contributed by atoms with Gasteiger partial charge < -0.3 is 5.11 Å². The third-order valence-corrected chi connectivity index (χ3v) is 3.56. The molecule has 1 aromatic rings. The Bertz CT molecular complexity index is 342. The first-order valence-corrected chi connectivity index (χ1v) is 6.31. The number of rotatable bonds is 5. The summed E-state index contributed by atoms with van der Waals surface area (Å²) in [5, 5.41) is 11.2. The second-order valence-corrected chi connectivity index (χ2v) is 5.24. The lowest BCUT2D eigenvalue weighted by molar-refractivity contribution is 0.146. The predicted octanol–water partition coefficient (Wildman–Crippen LogP) is 1.56. The van der Waals surface area contributed by atoms with Crippen molar-refractivity contribution in [3.8, 4) is 0 Å². The van der Waals surface area contributed by atoms with Crippen LogP contribution in [-0.2, 0) is 0 Å². The monoisotopic (exact) mass is 240 g/mol. The van der Waals surface area contributed by atoms with Crippen LogP contribution in [0.15, 0.2) is 23.1 Å². The lowest BCUT2D eigenvalue weighted by atomic mass is 10.1. The SMILES string of the molecule is Cc1ccc(SCC(O)CN(C)N)cc1C. The van der Waals surface area contributed by atoms with Crippen molar-refractivity contribution >= 4 is 11.8 Å². The molecular formula is C12H20N2OS. The molecule has 0 aliphatic carbocycles. The molecule has 0 spiro atoms. The Balaban J connectivity index is 2.45. The Labute approximate surface area is 102 Å². The van der Waals surface area contributed by atoms with Gasteiger partial charge in [-0.3, -0.25) is 5.84 Å². The van der Waals surface area contributed by atoms with E-state index in [-0.39, 0.29) is 6.10 Å². The summed E-state index contributed by atoms with van der Waals surface area (Å²) < 4.78 is 0. The van der Waals surface area contributed by atoms with Crippen LogP contribution in [0.3, 0.4) is 0 Å². The molecule has 1 rings (SSSR count). The highest BCUT2D eigenvalue weighted by Crippen LogP contribution is 2.21. The summed E-state index contributed by atoms with van der Waals surface area (Å²) >= 11 is 1.66. The fourth-order valence-electron chi connectivity index (χ4n) is 1.38. The smallest absolute Gasteiger partial charge is 0.0774 e. The molecule has 0 bridgehead atoms. The molecule has 16 heavy (non-hydrogen) atoms. The number of nitrogens with two attached hydrogens (primary N) is 1. The van der Waals surface area contributed by atoms with Gasteiger partial charge in [0.2, 0.25) is 0 Å². The van der Waals surface area contributed by atoms with Crippen molar-refractivity contribution in [1.29, 1.82) is 0 Å². The minimum absolute atomic E-state index is 0.387. The van der Waals surface area contributed by atoms with Crippen LogP contribution in [0.25, 0.3) is 0 Å². The highest BCUT2D eigenvalue weighted by atomic mass is 32.2. The first-order chi connectivity index (χ1) is 7.49. The van der Waals surface area contributed by atoms with Gasteiger partial charge in [-0.25, -0.2) is 5.01 Å². The average Bonchev–Trinajstić information content (AvgIpc) is 2.19. The maximum atomic E-state index is 9.66. The Morgan fingerprint density at radius 3 is 2.62 bits per heavy atom. The Hall–Kier alpha value is -0.550. The summed E-state index contributed by atoms with van der Waals surface area (Å²) in [7, 11) is 1.75. The van der Waals surface area contributed by atoms with Gasteiger partial charge in [-0.15, -0.1) is 11.8 Å². The minimum Gasteiger partial charge on any atom is -0.391 e. The normalized spacial score (nSPS) is 13.1. The molecular weight excluding hydrogens is 220 g/mol. The van der Waals surface area contributed by atoms with Crippen molar-refractivity contribution in [3.63, 3.8) is 0 Å². The molecule has 1 aromatic carbocycles. The van der Waals surface area contributed by atoms with Gasteiger partial charge in [0.05, 0.1) is 6.10 Å². The number of aliphatic hydroxyl groups is 1. The maximum Gasteiger partial charge on any atom is 0.0774 e. The summed E-state index contributed by atoms with van der Waals surface area (Å²) in [4.78, 5) is 1.20.